The molecule has 6 heterocycles. The number of hydrogen-bond acceptors (Lipinski definition) is 9. The molecule has 0 saturated carbocycles. The van der Waals surface area contributed by atoms with Crippen LogP contribution >= 0.6 is 0 Å². The topological polar surface area (TPSA) is 103 Å². The average Bonchev–Trinajstić information content (AvgIpc) is 3.54. The quantitative estimate of drug-likeness (QED) is 0.244. The summed E-state index contributed by atoms with van der Waals surface area (Å²) in [6.07, 6.45) is 8.48. The van der Waals surface area contributed by atoms with Crippen molar-refractivity contribution in [3.05, 3.63) is 71.4 Å². The number of benzene rings is 2. The van der Waals surface area contributed by atoms with Crippen molar-refractivity contribution in [1.82, 2.24) is 24.8 Å². The van der Waals surface area contributed by atoms with Gasteiger partial charge < -0.3 is 20.1 Å². The Morgan fingerprint density at radius 3 is 2.83 bits per heavy atom. The van der Waals surface area contributed by atoms with Gasteiger partial charge >= 0.3 is 6.01 Å². The smallest absolute Gasteiger partial charge is 0.319 e. The summed E-state index contributed by atoms with van der Waals surface area (Å²) in [6.45, 7) is 2.16. The van der Waals surface area contributed by atoms with Crippen molar-refractivity contribution in [2.75, 3.05) is 43.5 Å². The number of nitrogens with two attached hydrogens (primary N) is 1. The van der Waals surface area contributed by atoms with Gasteiger partial charge in [0.1, 0.15) is 53.4 Å². The summed E-state index contributed by atoms with van der Waals surface area (Å²) in [5.41, 5.74) is 6.58. The van der Waals surface area contributed by atoms with Crippen LogP contribution in [0.15, 0.2) is 48.7 Å². The Bertz CT molecular complexity index is 2100. The number of nitrogens with zero attached hydrogens (tertiary/aromatic N) is 6. The minimum atomic E-state index is -0.939. The first-order chi connectivity index (χ1) is 22.8. The zero-order chi connectivity index (χ0) is 32.3. The van der Waals surface area contributed by atoms with E-state index in [0.717, 1.165) is 24.9 Å². The van der Waals surface area contributed by atoms with Crippen LogP contribution in [0.1, 0.15) is 30.4 Å². The summed E-state index contributed by atoms with van der Waals surface area (Å²) >= 11 is 0. The first kappa shape index (κ1) is 29.3. The van der Waals surface area contributed by atoms with Crippen LogP contribution in [0.5, 0.6) is 11.9 Å². The molecule has 8 rings (SSSR count). The second kappa shape index (κ2) is 11.3. The average molecular weight is 638 g/mol. The van der Waals surface area contributed by atoms with Gasteiger partial charge in [-0.2, -0.15) is 9.97 Å². The maximum Gasteiger partial charge on any atom is 0.319 e. The molecule has 2 N–H and O–H groups in total. The van der Waals surface area contributed by atoms with Crippen molar-refractivity contribution in [1.29, 1.82) is 0 Å². The lowest BCUT2D eigenvalue weighted by molar-refractivity contribution is 0.107. The number of alkyl halides is 1. The molecule has 0 spiro atoms. The van der Waals surface area contributed by atoms with Gasteiger partial charge in [-0.25, -0.2) is 23.1 Å². The van der Waals surface area contributed by atoms with Crippen molar-refractivity contribution in [3.63, 3.8) is 0 Å². The highest BCUT2D eigenvalue weighted by Crippen LogP contribution is 2.43. The minimum Gasteiger partial charge on any atom is -0.475 e. The van der Waals surface area contributed by atoms with E-state index in [1.807, 2.05) is 11.0 Å². The number of aromatic nitrogens is 4. The van der Waals surface area contributed by atoms with Crippen LogP contribution in [-0.4, -0.2) is 69.4 Å². The summed E-state index contributed by atoms with van der Waals surface area (Å²) in [6, 6.07) is 11.6. The molecule has 47 heavy (non-hydrogen) atoms. The minimum absolute atomic E-state index is 0.00178. The molecule has 0 unspecified atom stereocenters. The van der Waals surface area contributed by atoms with E-state index in [2.05, 4.69) is 25.8 Å². The van der Waals surface area contributed by atoms with Gasteiger partial charge in [-0.05, 0) is 36.9 Å². The van der Waals surface area contributed by atoms with Crippen molar-refractivity contribution < 1.29 is 22.6 Å². The maximum atomic E-state index is 17.0. The lowest BCUT2D eigenvalue weighted by atomic mass is 9.95. The number of hydrogen-bond donors (Lipinski definition) is 1. The molecule has 3 aliphatic rings. The third-order valence-electron chi connectivity index (χ3n) is 9.52. The van der Waals surface area contributed by atoms with Crippen LogP contribution < -0.4 is 20.1 Å². The molecule has 3 aliphatic heterocycles. The molecule has 2 aromatic carbocycles. The third-order valence-corrected chi connectivity index (χ3v) is 9.52. The highest BCUT2D eigenvalue weighted by molar-refractivity contribution is 6.03. The van der Waals surface area contributed by atoms with E-state index < -0.39 is 23.3 Å². The fourth-order valence-corrected chi connectivity index (χ4v) is 7.32. The molecule has 2 atom stereocenters. The summed E-state index contributed by atoms with van der Waals surface area (Å²) in [4.78, 5) is 22.2. The molecule has 0 amide bonds. The van der Waals surface area contributed by atoms with Crippen LogP contribution in [0.25, 0.3) is 32.9 Å². The van der Waals surface area contributed by atoms with Crippen LogP contribution in [0.3, 0.4) is 0 Å². The fourth-order valence-electron chi connectivity index (χ4n) is 7.32. The second-order valence-electron chi connectivity index (χ2n) is 12.3. The summed E-state index contributed by atoms with van der Waals surface area (Å²) in [5, 5.41) is 1.23. The highest BCUT2D eigenvalue weighted by Gasteiger charge is 2.49. The first-order valence-electron chi connectivity index (χ1n) is 15.5. The van der Waals surface area contributed by atoms with Crippen LogP contribution in [-0.2, 0) is 6.54 Å². The SMILES string of the molecule is C#Cc1c(F)ccc2cccc(-c3nc4c5c(nc(OC[C@@]67CCCN6C[C@H](F)C7)nc5c3F)N(Cc3cccnc3N)CCO4)c12. The number of fused-ring (bicyclic) bond motifs is 2. The fraction of sp³-hybridized carbons (Fsp3) is 0.314. The Hall–Kier alpha value is -5.15. The van der Waals surface area contributed by atoms with E-state index in [9.17, 15) is 8.78 Å². The maximum absolute atomic E-state index is 17.0. The van der Waals surface area contributed by atoms with Crippen molar-refractivity contribution in [3.8, 4) is 35.5 Å². The van der Waals surface area contributed by atoms with Gasteiger partial charge in [0.25, 0.3) is 0 Å². The molecular formula is C35H30F3N7O2. The van der Waals surface area contributed by atoms with E-state index in [1.54, 1.807) is 36.5 Å². The molecule has 9 nitrogen and oxygen atoms in total. The third kappa shape index (κ3) is 4.84. The summed E-state index contributed by atoms with van der Waals surface area (Å²) in [7, 11) is 0. The number of terminal acetylenes is 1. The van der Waals surface area contributed by atoms with Gasteiger partial charge in [0.05, 0.1) is 17.6 Å². The Labute approximate surface area is 268 Å². The Morgan fingerprint density at radius 1 is 1.09 bits per heavy atom. The van der Waals surface area contributed by atoms with E-state index in [-0.39, 0.29) is 47.3 Å². The lowest BCUT2D eigenvalue weighted by Gasteiger charge is -2.31. The second-order valence-corrected chi connectivity index (χ2v) is 12.3. The summed E-state index contributed by atoms with van der Waals surface area (Å²) in [5.74, 6) is 1.87. The van der Waals surface area contributed by atoms with Crippen molar-refractivity contribution in [2.24, 2.45) is 0 Å². The van der Waals surface area contributed by atoms with E-state index >= 15 is 4.39 Å². The molecule has 12 heteroatoms. The van der Waals surface area contributed by atoms with Crippen LogP contribution in [0.4, 0.5) is 24.8 Å². The normalized spacial score (nSPS) is 20.6. The Kier molecular flexibility index (Phi) is 7.02. The predicted octanol–water partition coefficient (Wildman–Crippen LogP) is 5.44. The van der Waals surface area contributed by atoms with Crippen molar-refractivity contribution >= 4 is 33.3 Å². The molecule has 238 valence electrons. The number of rotatable bonds is 6. The number of anilines is 2. The van der Waals surface area contributed by atoms with Gasteiger partial charge in [0.2, 0.25) is 5.88 Å². The van der Waals surface area contributed by atoms with Crippen LogP contribution in [0, 0.1) is 24.0 Å². The predicted molar refractivity (Wildman–Crippen MR) is 172 cm³/mol. The number of nitrogen functional groups attached to an aromatic ring is 1. The standard InChI is InChI=1S/C35H30F3N7O2/c1-2-23-25(37)10-9-20-6-3-8-24(26(20)23)29-28(38)30-27-32(43-34(42-30)47-19-35-11-5-13-45(35)18-22(36)16-35)44(14-15-46-33(27)41-29)17-21-7-4-12-40-31(21)39/h1,3-4,6-10,12,22H,5,11,13-19H2,(H2,39,40)/t22-,35+/m1/s1. The first-order valence-corrected chi connectivity index (χ1v) is 15.5. The Balaban J connectivity index is 1.31. The zero-order valence-electron chi connectivity index (χ0n) is 25.3. The summed E-state index contributed by atoms with van der Waals surface area (Å²) < 4.78 is 58.8. The lowest BCUT2D eigenvalue weighted by Crippen LogP contribution is -2.43. The largest absolute Gasteiger partial charge is 0.475 e. The monoisotopic (exact) mass is 637 g/mol. The number of pyridine rings is 2. The number of halogens is 3. The molecule has 0 radical (unpaired) electrons. The van der Waals surface area contributed by atoms with E-state index in [0.29, 0.717) is 54.0 Å². The van der Waals surface area contributed by atoms with Crippen LogP contribution in [0.2, 0.25) is 0 Å². The molecule has 0 aliphatic carbocycles. The molecular weight excluding hydrogens is 607 g/mol. The molecule has 3 aromatic heterocycles. The van der Waals surface area contributed by atoms with Gasteiger partial charge in [0.15, 0.2) is 5.82 Å². The van der Waals surface area contributed by atoms with Gasteiger partial charge in [-0.3, -0.25) is 4.90 Å². The van der Waals surface area contributed by atoms with Gasteiger partial charge in [-0.1, -0.05) is 36.3 Å². The highest BCUT2D eigenvalue weighted by atomic mass is 19.1. The molecule has 5 aromatic rings. The molecule has 0 bridgehead atoms. The molecule has 2 fully saturated rings. The van der Waals surface area contributed by atoms with E-state index in [1.165, 1.54) is 6.07 Å². The number of ether oxygens (including phenoxy) is 2. The van der Waals surface area contributed by atoms with Crippen molar-refractivity contribution in [2.45, 2.75) is 37.5 Å². The van der Waals surface area contributed by atoms with Gasteiger partial charge in [-0.15, -0.1) is 6.42 Å². The zero-order valence-corrected chi connectivity index (χ0v) is 25.3. The molecule has 2 saturated heterocycles. The Morgan fingerprint density at radius 2 is 1.98 bits per heavy atom. The van der Waals surface area contributed by atoms with Gasteiger partial charge in [0, 0.05) is 42.2 Å². The van der Waals surface area contributed by atoms with E-state index in [4.69, 9.17) is 26.6 Å².